The van der Waals surface area contributed by atoms with Gasteiger partial charge in [0.15, 0.2) is 6.61 Å². The molecule has 0 spiro atoms. The number of ether oxygens (including phenoxy) is 2. The normalized spacial score (nSPS) is 17.3. The van der Waals surface area contributed by atoms with Crippen molar-refractivity contribution < 1.29 is 32.2 Å². The van der Waals surface area contributed by atoms with E-state index in [0.29, 0.717) is 5.57 Å². The van der Waals surface area contributed by atoms with Gasteiger partial charge in [-0.1, -0.05) is 12.1 Å². The van der Waals surface area contributed by atoms with E-state index in [-0.39, 0.29) is 36.7 Å². The first kappa shape index (κ1) is 20.7. The minimum absolute atomic E-state index is 0.00481. The van der Waals surface area contributed by atoms with Gasteiger partial charge in [-0.2, -0.15) is 13.2 Å². The van der Waals surface area contributed by atoms with Crippen LogP contribution < -0.4 is 5.43 Å². The van der Waals surface area contributed by atoms with Crippen LogP contribution >= 0.6 is 0 Å². The van der Waals surface area contributed by atoms with E-state index in [1.807, 2.05) is 0 Å². The van der Waals surface area contributed by atoms with Crippen LogP contribution in [0.25, 0.3) is 5.57 Å². The van der Waals surface area contributed by atoms with E-state index in [9.17, 15) is 22.8 Å². The number of hydrogen-bond donors (Lipinski definition) is 1. The summed E-state index contributed by atoms with van der Waals surface area (Å²) in [7, 11) is 0. The number of benzene rings is 1. The van der Waals surface area contributed by atoms with E-state index in [1.54, 1.807) is 26.8 Å². The molecule has 156 valence electrons. The zero-order valence-electron chi connectivity index (χ0n) is 16.1. The fourth-order valence-electron chi connectivity index (χ4n) is 2.87. The summed E-state index contributed by atoms with van der Waals surface area (Å²) >= 11 is 0. The van der Waals surface area contributed by atoms with Crippen molar-refractivity contribution in [1.82, 2.24) is 10.3 Å². The minimum Gasteiger partial charge on any atom is -0.466 e. The Balaban J connectivity index is 1.86. The molecule has 3 rings (SSSR count). The number of carbonyl (C=O) groups excluding carboxylic acids is 2. The number of hydrogen-bond acceptors (Lipinski definition) is 5. The Morgan fingerprint density at radius 3 is 2.59 bits per heavy atom. The van der Waals surface area contributed by atoms with Crippen molar-refractivity contribution in [2.45, 2.75) is 32.5 Å². The van der Waals surface area contributed by atoms with Gasteiger partial charge in [0, 0.05) is 18.7 Å². The lowest BCUT2D eigenvalue weighted by Crippen LogP contribution is -2.35. The number of hydrazone groups is 1. The quantitative estimate of drug-likeness (QED) is 0.811. The Labute approximate surface area is 165 Å². The summed E-state index contributed by atoms with van der Waals surface area (Å²) in [4.78, 5) is 24.6. The van der Waals surface area contributed by atoms with Gasteiger partial charge in [0.25, 0.3) is 5.91 Å². The number of nitrogens with one attached hydrogen (secondary N) is 1. The molecule has 2 aliphatic heterocycles. The topological polar surface area (TPSA) is 80.2 Å². The SMILES string of the molecule is CC(C)(C)OC(=O)N1CC=C(c2ccc(C3=NNC(=O)CO3)cc2C(F)(F)F)C1. The zero-order chi connectivity index (χ0) is 21.4. The summed E-state index contributed by atoms with van der Waals surface area (Å²) in [5.74, 6) is -0.586. The maximum atomic E-state index is 13.7. The molecule has 2 aliphatic rings. The van der Waals surface area contributed by atoms with Gasteiger partial charge < -0.3 is 14.4 Å². The van der Waals surface area contributed by atoms with Crippen LogP contribution in [0.4, 0.5) is 18.0 Å². The van der Waals surface area contributed by atoms with Gasteiger partial charge in [0.1, 0.15) is 5.60 Å². The van der Waals surface area contributed by atoms with Gasteiger partial charge in [-0.05, 0) is 44.0 Å². The summed E-state index contributed by atoms with van der Waals surface area (Å²) in [5.41, 5.74) is 1.01. The van der Waals surface area contributed by atoms with Crippen molar-refractivity contribution >= 4 is 23.5 Å². The summed E-state index contributed by atoms with van der Waals surface area (Å²) in [6, 6.07) is 3.66. The smallest absolute Gasteiger partial charge is 0.417 e. The summed E-state index contributed by atoms with van der Waals surface area (Å²) in [5, 5.41) is 3.64. The van der Waals surface area contributed by atoms with Gasteiger partial charge in [-0.3, -0.25) is 4.79 Å². The lowest BCUT2D eigenvalue weighted by Gasteiger charge is -2.24. The minimum atomic E-state index is -4.63. The van der Waals surface area contributed by atoms with Crippen LogP contribution in [-0.2, 0) is 20.4 Å². The zero-order valence-corrected chi connectivity index (χ0v) is 16.1. The molecule has 0 unspecified atom stereocenters. The van der Waals surface area contributed by atoms with E-state index >= 15 is 0 Å². The highest BCUT2D eigenvalue weighted by Crippen LogP contribution is 2.37. The average Bonchev–Trinajstić information content (AvgIpc) is 3.10. The first-order chi connectivity index (χ1) is 13.4. The second kappa shape index (κ2) is 7.41. The van der Waals surface area contributed by atoms with E-state index in [4.69, 9.17) is 9.47 Å². The number of alkyl halides is 3. The Morgan fingerprint density at radius 1 is 1.28 bits per heavy atom. The van der Waals surface area contributed by atoms with E-state index in [1.165, 1.54) is 17.0 Å². The maximum absolute atomic E-state index is 13.7. The molecular formula is C19H20F3N3O4. The first-order valence-corrected chi connectivity index (χ1v) is 8.82. The standard InChI is InChI=1S/C19H20F3N3O4/c1-18(2,3)29-17(27)25-7-6-12(9-25)13-5-4-11(8-14(13)19(20,21)22)16-24-23-15(26)10-28-16/h4-6,8H,7,9-10H2,1-3H3,(H,23,26). The molecule has 0 saturated carbocycles. The molecule has 29 heavy (non-hydrogen) atoms. The van der Waals surface area contributed by atoms with Crippen molar-refractivity contribution in [2.24, 2.45) is 5.10 Å². The molecule has 0 aliphatic carbocycles. The number of amides is 2. The third-order valence-corrected chi connectivity index (χ3v) is 4.11. The fraction of sp³-hybridized carbons (Fsp3) is 0.421. The Morgan fingerprint density at radius 2 is 2.00 bits per heavy atom. The second-order valence-electron chi connectivity index (χ2n) is 7.59. The Kier molecular flexibility index (Phi) is 5.29. The molecule has 0 saturated heterocycles. The van der Waals surface area contributed by atoms with Crippen molar-refractivity contribution in [3.8, 4) is 0 Å². The summed E-state index contributed by atoms with van der Waals surface area (Å²) < 4.78 is 51.5. The highest BCUT2D eigenvalue weighted by molar-refractivity contribution is 5.98. The molecule has 2 amide bonds. The largest absolute Gasteiger partial charge is 0.466 e. The molecule has 1 aromatic rings. The third kappa shape index (κ3) is 4.87. The van der Waals surface area contributed by atoms with Crippen LogP contribution in [0.1, 0.15) is 37.5 Å². The molecule has 0 fully saturated rings. The number of halogens is 3. The molecule has 1 N–H and O–H groups in total. The number of nitrogens with zero attached hydrogens (tertiary/aromatic N) is 2. The van der Waals surface area contributed by atoms with Gasteiger partial charge in [-0.15, -0.1) is 5.10 Å². The van der Waals surface area contributed by atoms with Gasteiger partial charge >= 0.3 is 12.3 Å². The summed E-state index contributed by atoms with van der Waals surface area (Å²) in [6.07, 6.45) is -3.65. The number of carbonyl (C=O) groups is 2. The van der Waals surface area contributed by atoms with Crippen molar-refractivity contribution in [3.05, 3.63) is 41.0 Å². The van der Waals surface area contributed by atoms with Crippen LogP contribution in [0.3, 0.4) is 0 Å². The molecular weight excluding hydrogens is 391 g/mol. The van der Waals surface area contributed by atoms with Crippen LogP contribution in [0.5, 0.6) is 0 Å². The maximum Gasteiger partial charge on any atom is 0.417 e. The first-order valence-electron chi connectivity index (χ1n) is 8.82. The average molecular weight is 411 g/mol. The van der Waals surface area contributed by atoms with Crippen molar-refractivity contribution in [3.63, 3.8) is 0 Å². The van der Waals surface area contributed by atoms with Gasteiger partial charge in [0.2, 0.25) is 5.90 Å². The van der Waals surface area contributed by atoms with E-state index in [2.05, 4.69) is 10.5 Å². The number of rotatable bonds is 2. The molecule has 7 nitrogen and oxygen atoms in total. The predicted octanol–water partition coefficient (Wildman–Crippen LogP) is 3.15. The molecule has 2 heterocycles. The predicted molar refractivity (Wildman–Crippen MR) is 97.9 cm³/mol. The molecule has 0 bridgehead atoms. The van der Waals surface area contributed by atoms with E-state index in [0.717, 1.165) is 6.07 Å². The molecule has 0 radical (unpaired) electrons. The highest BCUT2D eigenvalue weighted by atomic mass is 19.4. The molecule has 1 aromatic carbocycles. The van der Waals surface area contributed by atoms with Gasteiger partial charge in [0.05, 0.1) is 5.56 Å². The van der Waals surface area contributed by atoms with Crippen LogP contribution in [-0.4, -0.2) is 48.1 Å². The highest BCUT2D eigenvalue weighted by Gasteiger charge is 2.36. The fourth-order valence-corrected chi connectivity index (χ4v) is 2.87. The van der Waals surface area contributed by atoms with Crippen LogP contribution in [0.2, 0.25) is 0 Å². The van der Waals surface area contributed by atoms with Crippen LogP contribution in [0, 0.1) is 0 Å². The summed E-state index contributed by atoms with van der Waals surface area (Å²) in [6.45, 7) is 4.99. The lowest BCUT2D eigenvalue weighted by molar-refractivity contribution is -0.137. The van der Waals surface area contributed by atoms with Crippen molar-refractivity contribution in [2.75, 3.05) is 19.7 Å². The van der Waals surface area contributed by atoms with E-state index < -0.39 is 29.3 Å². The van der Waals surface area contributed by atoms with Crippen LogP contribution in [0.15, 0.2) is 29.4 Å². The molecule has 0 atom stereocenters. The Hall–Kier alpha value is -3.04. The lowest BCUT2D eigenvalue weighted by atomic mass is 9.97. The second-order valence-corrected chi connectivity index (χ2v) is 7.59. The monoisotopic (exact) mass is 411 g/mol. The van der Waals surface area contributed by atoms with Crippen molar-refractivity contribution in [1.29, 1.82) is 0 Å². The van der Waals surface area contributed by atoms with Gasteiger partial charge in [-0.25, -0.2) is 10.2 Å². The third-order valence-electron chi connectivity index (χ3n) is 4.11. The molecule has 10 heteroatoms. The molecule has 0 aromatic heterocycles. The Bertz CT molecular complexity index is 901.